The molecule has 0 unspecified atom stereocenters. The van der Waals surface area contributed by atoms with Crippen molar-refractivity contribution in [2.45, 2.75) is 0 Å². The third-order valence-corrected chi connectivity index (χ3v) is 0. The van der Waals surface area contributed by atoms with Gasteiger partial charge in [-0.05, 0) is 0 Å². The average molecular weight is 546 g/mol. The van der Waals surface area contributed by atoms with Gasteiger partial charge >= 0.3 is 179 Å². The van der Waals surface area contributed by atoms with E-state index in [-0.39, 0.29) is 240 Å². The van der Waals surface area contributed by atoms with Crippen LogP contribution in [0.1, 0.15) is 11.4 Å². The van der Waals surface area contributed by atoms with Gasteiger partial charge in [-0.15, -0.1) is 0 Å². The molecule has 1 radical (unpaired) electrons. The van der Waals surface area contributed by atoms with Crippen LogP contribution in [0.2, 0.25) is 0 Å². The maximum atomic E-state index is 0. The van der Waals surface area contributed by atoms with E-state index in [2.05, 4.69) is 0 Å². The third-order valence-electron chi connectivity index (χ3n) is 0. The zero-order valence-electron chi connectivity index (χ0n) is 11.9. The van der Waals surface area contributed by atoms with Crippen LogP contribution in [0.25, 0.3) is 0 Å². The van der Waals surface area contributed by atoms with E-state index in [1.807, 2.05) is 0 Å². The van der Waals surface area contributed by atoms with Crippen LogP contribution >= 0.6 is 0 Å². The van der Waals surface area contributed by atoms with E-state index in [1.54, 1.807) is 0 Å². The molecule has 0 amide bonds. The Labute approximate surface area is 233 Å². The van der Waals surface area contributed by atoms with Gasteiger partial charge in [-0.3, -0.25) is 0 Å². The summed E-state index contributed by atoms with van der Waals surface area (Å²) < 4.78 is 0. The van der Waals surface area contributed by atoms with Crippen LogP contribution in [0.4, 0.5) is 0 Å². The Balaban J connectivity index is 0. The summed E-state index contributed by atoms with van der Waals surface area (Å²) in [6, 6.07) is 0. The summed E-state index contributed by atoms with van der Waals surface area (Å²) in [6.07, 6.45) is 0. The molecule has 7 heavy (non-hydrogen) atoms. The summed E-state index contributed by atoms with van der Waals surface area (Å²) in [5.74, 6) is 0. The van der Waals surface area contributed by atoms with E-state index in [4.69, 9.17) is 0 Å². The minimum atomic E-state index is 0. The van der Waals surface area contributed by atoms with E-state index < -0.39 is 0 Å². The molecule has 0 bridgehead atoms. The van der Waals surface area contributed by atoms with Crippen LogP contribution in [0.3, 0.4) is 0 Å². The van der Waals surface area contributed by atoms with Crippen LogP contribution in [0, 0.1) is 0 Å². The Bertz CT molecular complexity index is 34.6. The zero-order chi connectivity index (χ0) is 0. The summed E-state index contributed by atoms with van der Waals surface area (Å²) in [6.45, 7) is 0. The molecule has 7 heteroatoms. The predicted molar refractivity (Wildman–Crippen MR) is 50.4 cm³/mol. The second-order valence-electron chi connectivity index (χ2n) is 0. The molecule has 0 aromatic heterocycles. The summed E-state index contributed by atoms with van der Waals surface area (Å²) in [7, 11) is 0. The van der Waals surface area contributed by atoms with Crippen molar-refractivity contribution in [1.82, 2.24) is 0 Å². The van der Waals surface area contributed by atoms with Gasteiger partial charge < -0.3 is 11.4 Å². The summed E-state index contributed by atoms with van der Waals surface area (Å²) >= 11 is 0. The fourth-order valence-electron chi connectivity index (χ4n) is 0. The van der Waals surface area contributed by atoms with Gasteiger partial charge in [0.15, 0.2) is 17.4 Å². The molecule has 0 rings (SSSR count). The van der Waals surface area contributed by atoms with E-state index in [0.29, 0.717) is 0 Å². The van der Waals surface area contributed by atoms with Crippen LogP contribution < -0.4 is 0 Å². The molecule has 0 saturated heterocycles. The fourth-order valence-corrected chi connectivity index (χ4v) is 0. The monoisotopic (exact) mass is 549 g/mol. The van der Waals surface area contributed by atoms with Gasteiger partial charge in [0.05, 0.1) is 0 Å². The van der Waals surface area contributed by atoms with Crippen molar-refractivity contribution in [1.29, 1.82) is 0 Å². The Morgan fingerprint density at radius 1 is 1.14 bits per heavy atom. The van der Waals surface area contributed by atoms with Crippen molar-refractivity contribution in [2.75, 3.05) is 0 Å². The molecule has 0 N–H and O–H groups in total. The Morgan fingerprint density at radius 3 is 1.14 bits per heavy atom. The zero-order valence-corrected chi connectivity index (χ0v) is 21.1. The van der Waals surface area contributed by atoms with Gasteiger partial charge in [0.1, 0.15) is 0 Å². The number of hydrogen-bond donors (Lipinski definition) is 0. The van der Waals surface area contributed by atoms with Crippen molar-refractivity contribution in [3.8, 4) is 0 Å². The summed E-state index contributed by atoms with van der Waals surface area (Å²) in [5, 5.41) is 0. The first kappa shape index (κ1) is 47.0. The van der Waals surface area contributed by atoms with Gasteiger partial charge in [0.2, 0.25) is 0 Å². The maximum absolute atomic E-state index is 0. The summed E-state index contributed by atoms with van der Waals surface area (Å²) in [4.78, 5) is 0. The molecule has 0 fully saturated rings. The van der Waals surface area contributed by atoms with Crippen molar-refractivity contribution in [2.24, 2.45) is 0 Å². The first-order chi connectivity index (χ1) is 0. The van der Waals surface area contributed by atoms with Gasteiger partial charge in [-0.1, -0.05) is 0 Å². The van der Waals surface area contributed by atoms with Gasteiger partial charge in [-0.25, -0.2) is 0 Å². The Hall–Kier alpha value is 7.50. The van der Waals surface area contributed by atoms with Crippen molar-refractivity contribution in [3.63, 3.8) is 0 Å². The predicted octanol–water partition coefficient (Wildman–Crippen LogP) is -2.73. The maximum Gasteiger partial charge on any atom is 0 e. The molecule has 0 heterocycles. The number of rotatable bonds is 0. The van der Waals surface area contributed by atoms with Crippen LogP contribution in [0.5, 0.6) is 0 Å². The van der Waals surface area contributed by atoms with Crippen molar-refractivity contribution < 1.29 is 44.1 Å². The molecule has 33 valence electrons. The van der Waals surface area contributed by atoms with Crippen molar-refractivity contribution in [3.05, 3.63) is 0 Å². The average Bonchev–Trinajstić information content (AvgIpc) is 0. The van der Waals surface area contributed by atoms with E-state index in [9.17, 15) is 0 Å². The second kappa shape index (κ2) is 37.5. The summed E-state index contributed by atoms with van der Waals surface area (Å²) in [5.41, 5.74) is 0. The van der Waals surface area contributed by atoms with Crippen LogP contribution in [-0.4, -0.2) is 196 Å². The molecule has 0 aromatic rings. The Morgan fingerprint density at radius 2 is 1.14 bits per heavy atom. The standard InChI is InChI=1S/Al.Ba.Ca.Mg.Sr.H2Te.Y.11H/h;;;;;1H2;;;;;;;;;;;;/q;4*+2;;;;;;8*-1. The molecule has 0 aliphatic carbocycles. The third kappa shape index (κ3) is 31.7. The van der Waals surface area contributed by atoms with E-state index >= 15 is 0 Å². The van der Waals surface area contributed by atoms with Crippen molar-refractivity contribution >= 4 is 196 Å². The van der Waals surface area contributed by atoms with Gasteiger partial charge in [0.25, 0.3) is 0 Å². The molecule has 0 aliphatic rings. The normalized spacial score (nSPS) is 0. The van der Waals surface area contributed by atoms with Crippen LogP contribution in [0.15, 0.2) is 0 Å². The molecule has 0 aromatic carbocycles. The molecular weight excluding hydrogens is 533 g/mol. The van der Waals surface area contributed by atoms with E-state index in [1.165, 1.54) is 0 Å². The van der Waals surface area contributed by atoms with Gasteiger partial charge in [-0.2, -0.15) is 0 Å². The minimum Gasteiger partial charge on any atom is 0 e. The molecule has 0 nitrogen and oxygen atoms in total. The SMILES string of the molecule is [AlH3].[Ba+2].[Ca+2].[H-].[H-].[H-].[H-].[H-].[H-].[H-].[H-].[Mg+2].[Sr+2].[TeH2].[Y]. The minimum absolute atomic E-state index is 0. The Kier molecular flexibility index (Phi) is 252. The molecule has 0 saturated carbocycles. The molecule has 0 atom stereocenters. The molecule has 0 spiro atoms. The van der Waals surface area contributed by atoms with E-state index in [0.717, 1.165) is 0 Å². The number of hydrogen-bond acceptors (Lipinski definition) is 0. The first-order valence-corrected chi connectivity index (χ1v) is 0. The molecular formula is H13AlBaCaMgSrTeY. The van der Waals surface area contributed by atoms with Crippen LogP contribution in [-0.2, 0) is 32.7 Å². The smallest absolute Gasteiger partial charge is 0 e. The second-order valence-corrected chi connectivity index (χ2v) is 0. The fraction of sp³-hybridized carbons (Fsp3) is 0. The topological polar surface area (TPSA) is 0 Å². The first-order valence-electron chi connectivity index (χ1n) is 0. The van der Waals surface area contributed by atoms with Gasteiger partial charge in [0, 0.05) is 32.7 Å². The quantitative estimate of drug-likeness (QED) is 0.290. The largest absolute Gasteiger partial charge is 0 e. The molecule has 0 aliphatic heterocycles.